The van der Waals surface area contributed by atoms with Gasteiger partial charge in [-0.1, -0.05) is 15.9 Å². The summed E-state index contributed by atoms with van der Waals surface area (Å²) >= 11 is 3.46. The minimum absolute atomic E-state index is 0.487. The molecule has 0 saturated carbocycles. The van der Waals surface area contributed by atoms with Crippen LogP contribution < -0.4 is 10.5 Å². The number of rotatable bonds is 1. The highest BCUT2D eigenvalue weighted by atomic mass is 79.9. The topological polar surface area (TPSA) is 48.1 Å². The average Bonchev–Trinajstić information content (AvgIpc) is 2.20. The SMILES string of the molecule is COc1ccc(Br)c2ccnc(N)c12. The summed E-state index contributed by atoms with van der Waals surface area (Å²) in [4.78, 5) is 4.03. The molecule has 0 aliphatic rings. The fraction of sp³-hybridized carbons (Fsp3) is 0.100. The Balaban J connectivity index is 2.92. The molecule has 2 N–H and O–H groups in total. The van der Waals surface area contributed by atoms with E-state index in [9.17, 15) is 0 Å². The number of halogens is 1. The number of benzene rings is 1. The van der Waals surface area contributed by atoms with Crippen molar-refractivity contribution in [2.75, 3.05) is 12.8 Å². The zero-order chi connectivity index (χ0) is 10.1. The maximum atomic E-state index is 5.79. The number of aromatic nitrogens is 1. The second kappa shape index (κ2) is 3.46. The van der Waals surface area contributed by atoms with Gasteiger partial charge in [0, 0.05) is 16.1 Å². The van der Waals surface area contributed by atoms with Crippen LogP contribution in [0.4, 0.5) is 5.82 Å². The van der Waals surface area contributed by atoms with E-state index >= 15 is 0 Å². The Kier molecular flexibility index (Phi) is 2.29. The van der Waals surface area contributed by atoms with Gasteiger partial charge in [0.1, 0.15) is 11.6 Å². The lowest BCUT2D eigenvalue weighted by molar-refractivity contribution is 0.420. The van der Waals surface area contributed by atoms with E-state index in [0.717, 1.165) is 21.0 Å². The van der Waals surface area contributed by atoms with E-state index in [4.69, 9.17) is 10.5 Å². The number of nitrogens with two attached hydrogens (primary N) is 1. The molecule has 0 fully saturated rings. The van der Waals surface area contributed by atoms with Crippen molar-refractivity contribution in [1.82, 2.24) is 4.98 Å². The third-order valence-electron chi connectivity index (χ3n) is 2.08. The van der Waals surface area contributed by atoms with E-state index in [-0.39, 0.29) is 0 Å². The molecule has 0 atom stereocenters. The minimum atomic E-state index is 0.487. The molecule has 72 valence electrons. The number of hydrogen-bond donors (Lipinski definition) is 1. The van der Waals surface area contributed by atoms with Gasteiger partial charge in [-0.3, -0.25) is 0 Å². The second-order valence-electron chi connectivity index (χ2n) is 2.87. The zero-order valence-corrected chi connectivity index (χ0v) is 9.21. The van der Waals surface area contributed by atoms with Crippen molar-refractivity contribution < 1.29 is 4.74 Å². The van der Waals surface area contributed by atoms with Crippen molar-refractivity contribution in [3.63, 3.8) is 0 Å². The molecule has 4 heteroatoms. The molecule has 0 amide bonds. The van der Waals surface area contributed by atoms with Crippen molar-refractivity contribution in [3.05, 3.63) is 28.9 Å². The lowest BCUT2D eigenvalue weighted by Crippen LogP contribution is -1.94. The summed E-state index contributed by atoms with van der Waals surface area (Å²) in [5, 5.41) is 1.86. The first-order chi connectivity index (χ1) is 6.74. The number of anilines is 1. The Morgan fingerprint density at radius 3 is 2.86 bits per heavy atom. The van der Waals surface area contributed by atoms with Crippen molar-refractivity contribution in [3.8, 4) is 5.75 Å². The summed E-state index contributed by atoms with van der Waals surface area (Å²) in [6.45, 7) is 0. The Bertz CT molecular complexity index is 485. The molecule has 0 radical (unpaired) electrons. The van der Waals surface area contributed by atoms with Crippen LogP contribution in [0, 0.1) is 0 Å². The molecular weight excluding hydrogens is 244 g/mol. The van der Waals surface area contributed by atoms with Crippen LogP contribution in [0.1, 0.15) is 0 Å². The molecule has 1 aromatic carbocycles. The molecule has 0 aliphatic carbocycles. The van der Waals surface area contributed by atoms with Crippen LogP contribution in [0.25, 0.3) is 10.8 Å². The van der Waals surface area contributed by atoms with Gasteiger partial charge in [0.25, 0.3) is 0 Å². The molecule has 0 aliphatic heterocycles. The number of methoxy groups -OCH3 is 1. The van der Waals surface area contributed by atoms with Crippen molar-refractivity contribution in [1.29, 1.82) is 0 Å². The van der Waals surface area contributed by atoms with Crippen LogP contribution in [0.5, 0.6) is 5.75 Å². The summed E-state index contributed by atoms with van der Waals surface area (Å²) in [6, 6.07) is 5.70. The number of pyridine rings is 1. The predicted octanol–water partition coefficient (Wildman–Crippen LogP) is 2.59. The van der Waals surface area contributed by atoms with Gasteiger partial charge in [-0.25, -0.2) is 4.98 Å². The third kappa shape index (κ3) is 1.32. The van der Waals surface area contributed by atoms with Crippen molar-refractivity contribution in [2.45, 2.75) is 0 Å². The van der Waals surface area contributed by atoms with Gasteiger partial charge in [0.2, 0.25) is 0 Å². The van der Waals surface area contributed by atoms with E-state index in [1.54, 1.807) is 13.3 Å². The smallest absolute Gasteiger partial charge is 0.135 e. The van der Waals surface area contributed by atoms with Crippen LogP contribution >= 0.6 is 15.9 Å². The molecule has 0 saturated heterocycles. The number of fused-ring (bicyclic) bond motifs is 1. The minimum Gasteiger partial charge on any atom is -0.496 e. The van der Waals surface area contributed by atoms with Gasteiger partial charge in [0.15, 0.2) is 0 Å². The molecule has 2 rings (SSSR count). The fourth-order valence-corrected chi connectivity index (χ4v) is 1.89. The highest BCUT2D eigenvalue weighted by Gasteiger charge is 2.07. The number of hydrogen-bond acceptors (Lipinski definition) is 3. The highest BCUT2D eigenvalue weighted by molar-refractivity contribution is 9.10. The zero-order valence-electron chi connectivity index (χ0n) is 7.62. The number of nitrogens with zero attached hydrogens (tertiary/aromatic N) is 1. The Hall–Kier alpha value is -1.29. The number of ether oxygens (including phenoxy) is 1. The third-order valence-corrected chi connectivity index (χ3v) is 2.78. The van der Waals surface area contributed by atoms with Gasteiger partial charge in [-0.15, -0.1) is 0 Å². The molecule has 14 heavy (non-hydrogen) atoms. The first kappa shape index (κ1) is 9.27. The van der Waals surface area contributed by atoms with Crippen LogP contribution in [0.3, 0.4) is 0 Å². The second-order valence-corrected chi connectivity index (χ2v) is 3.72. The Morgan fingerprint density at radius 2 is 2.14 bits per heavy atom. The monoisotopic (exact) mass is 252 g/mol. The Morgan fingerprint density at radius 1 is 1.36 bits per heavy atom. The molecule has 0 unspecified atom stereocenters. The first-order valence-electron chi connectivity index (χ1n) is 4.10. The van der Waals surface area contributed by atoms with Crippen LogP contribution in [0.2, 0.25) is 0 Å². The lowest BCUT2D eigenvalue weighted by atomic mass is 10.1. The standard InChI is InChI=1S/C10H9BrN2O/c1-14-8-3-2-7(11)6-4-5-13-10(12)9(6)8/h2-5H,1H3,(H2,12,13). The maximum absolute atomic E-state index is 5.79. The van der Waals surface area contributed by atoms with Gasteiger partial charge in [-0.2, -0.15) is 0 Å². The quantitative estimate of drug-likeness (QED) is 0.849. The molecular formula is C10H9BrN2O. The molecule has 1 heterocycles. The summed E-state index contributed by atoms with van der Waals surface area (Å²) < 4.78 is 6.21. The summed E-state index contributed by atoms with van der Waals surface area (Å²) in [5.41, 5.74) is 5.79. The Labute approximate surface area is 90.0 Å². The van der Waals surface area contributed by atoms with Crippen LogP contribution in [-0.4, -0.2) is 12.1 Å². The van der Waals surface area contributed by atoms with Crippen molar-refractivity contribution >= 4 is 32.5 Å². The van der Waals surface area contributed by atoms with Gasteiger partial charge in [-0.05, 0) is 18.2 Å². The van der Waals surface area contributed by atoms with E-state index < -0.39 is 0 Å². The normalized spacial score (nSPS) is 10.4. The van der Waals surface area contributed by atoms with Gasteiger partial charge in [0.05, 0.1) is 12.5 Å². The maximum Gasteiger partial charge on any atom is 0.135 e. The summed E-state index contributed by atoms with van der Waals surface area (Å²) in [7, 11) is 1.62. The molecule has 1 aromatic heterocycles. The first-order valence-corrected chi connectivity index (χ1v) is 4.90. The average molecular weight is 253 g/mol. The lowest BCUT2D eigenvalue weighted by Gasteiger charge is -2.08. The van der Waals surface area contributed by atoms with Crippen LogP contribution in [-0.2, 0) is 0 Å². The van der Waals surface area contributed by atoms with E-state index in [0.29, 0.717) is 5.82 Å². The molecule has 0 spiro atoms. The summed E-state index contributed by atoms with van der Waals surface area (Å²) in [6.07, 6.45) is 1.68. The van der Waals surface area contributed by atoms with Gasteiger partial charge >= 0.3 is 0 Å². The van der Waals surface area contributed by atoms with E-state index in [2.05, 4.69) is 20.9 Å². The van der Waals surface area contributed by atoms with E-state index in [1.165, 1.54) is 0 Å². The molecule has 3 nitrogen and oxygen atoms in total. The molecule has 2 aromatic rings. The predicted molar refractivity (Wildman–Crippen MR) is 60.4 cm³/mol. The number of nitrogen functional groups attached to an aromatic ring is 1. The van der Waals surface area contributed by atoms with Crippen LogP contribution in [0.15, 0.2) is 28.9 Å². The largest absolute Gasteiger partial charge is 0.496 e. The van der Waals surface area contributed by atoms with E-state index in [1.807, 2.05) is 18.2 Å². The fourth-order valence-electron chi connectivity index (χ4n) is 1.43. The molecule has 0 bridgehead atoms. The van der Waals surface area contributed by atoms with Crippen molar-refractivity contribution in [2.24, 2.45) is 0 Å². The van der Waals surface area contributed by atoms with Gasteiger partial charge < -0.3 is 10.5 Å². The summed E-state index contributed by atoms with van der Waals surface area (Å²) in [5.74, 6) is 1.23. The highest BCUT2D eigenvalue weighted by Crippen LogP contribution is 2.33.